The summed E-state index contributed by atoms with van der Waals surface area (Å²) in [5, 5.41) is 1.85. The highest BCUT2D eigenvalue weighted by Gasteiger charge is 2.19. The van der Waals surface area contributed by atoms with E-state index in [1.807, 2.05) is 0 Å². The quantitative estimate of drug-likeness (QED) is 0.441. The maximum atomic E-state index is 11.0. The molecule has 0 radical (unpaired) electrons. The molecule has 0 aliphatic rings. The zero-order valence-corrected chi connectivity index (χ0v) is 11.0. The Morgan fingerprint density at radius 3 is 2.11 bits per heavy atom. The Morgan fingerprint density at radius 2 is 1.72 bits per heavy atom. The first-order chi connectivity index (χ1) is 8.01. The summed E-state index contributed by atoms with van der Waals surface area (Å²) in [6.07, 6.45) is 0. The predicted octanol–water partition coefficient (Wildman–Crippen LogP) is -0.164. The Bertz CT molecular complexity index is 694. The maximum absolute atomic E-state index is 11.0. The summed E-state index contributed by atoms with van der Waals surface area (Å²) in [6, 6.07) is 2.37. The molecule has 0 amide bonds. The number of hydrogen-bond acceptors (Lipinski definition) is 5. The van der Waals surface area contributed by atoms with Crippen molar-refractivity contribution in [3.63, 3.8) is 0 Å². The lowest BCUT2D eigenvalue weighted by Gasteiger charge is -2.09. The minimum Gasteiger partial charge on any atom is -0.376 e. The van der Waals surface area contributed by atoms with Gasteiger partial charge < -0.3 is 11.1 Å². The highest BCUT2D eigenvalue weighted by molar-refractivity contribution is 7.86. The molecular weight excluding hydrogens is 304 g/mol. The zero-order chi connectivity index (χ0) is 14.1. The summed E-state index contributed by atoms with van der Waals surface area (Å²) in [5.74, 6) is 0. The number of hydrogen-bond donors (Lipinski definition) is 4. The van der Waals surface area contributed by atoms with Crippen molar-refractivity contribution in [3.8, 4) is 0 Å². The summed E-state index contributed by atoms with van der Waals surface area (Å²) in [6.45, 7) is 0. The smallest absolute Gasteiger partial charge is 0.296 e. The molecular formula is C7H8N2O6S3. The van der Waals surface area contributed by atoms with Gasteiger partial charge in [0.2, 0.25) is 0 Å². The third kappa shape index (κ3) is 3.61. The molecule has 0 atom stereocenters. The minimum absolute atomic E-state index is 0.340. The van der Waals surface area contributed by atoms with Crippen molar-refractivity contribution < 1.29 is 25.9 Å². The summed E-state index contributed by atoms with van der Waals surface area (Å²) in [4.78, 5) is -1.20. The van der Waals surface area contributed by atoms with E-state index in [4.69, 9.17) is 14.8 Å². The number of nitrogens with one attached hydrogen (secondary N) is 1. The van der Waals surface area contributed by atoms with Crippen molar-refractivity contribution >= 4 is 43.3 Å². The lowest BCUT2D eigenvalue weighted by atomic mass is 10.3. The average molecular weight is 312 g/mol. The normalized spacial score (nSPS) is 12.1. The molecule has 0 saturated heterocycles. The van der Waals surface area contributed by atoms with Crippen molar-refractivity contribution in [1.29, 1.82) is 0 Å². The van der Waals surface area contributed by atoms with Gasteiger partial charge in [-0.3, -0.25) is 9.11 Å². The number of rotatable bonds is 3. The Balaban J connectivity index is 3.53. The second kappa shape index (κ2) is 4.78. The first kappa shape index (κ1) is 14.8. The van der Waals surface area contributed by atoms with Gasteiger partial charge in [0, 0.05) is 0 Å². The van der Waals surface area contributed by atoms with Crippen LogP contribution >= 0.6 is 12.2 Å². The van der Waals surface area contributed by atoms with Crippen LogP contribution in [0.2, 0.25) is 0 Å². The van der Waals surface area contributed by atoms with Crippen LogP contribution < -0.4 is 11.1 Å². The summed E-state index contributed by atoms with van der Waals surface area (Å²) in [7, 11) is -9.12. The molecule has 0 bridgehead atoms. The number of nitrogens with two attached hydrogens (primary N) is 1. The van der Waals surface area contributed by atoms with Crippen molar-refractivity contribution in [2.45, 2.75) is 9.79 Å². The van der Waals surface area contributed by atoms with E-state index in [0.29, 0.717) is 0 Å². The van der Waals surface area contributed by atoms with Gasteiger partial charge in [0.15, 0.2) is 5.11 Å². The molecule has 0 aliphatic heterocycles. The van der Waals surface area contributed by atoms with Crippen molar-refractivity contribution in [1.82, 2.24) is 0 Å². The first-order valence-corrected chi connectivity index (χ1v) is 7.46. The van der Waals surface area contributed by atoms with E-state index in [2.05, 4.69) is 17.5 Å². The van der Waals surface area contributed by atoms with Crippen molar-refractivity contribution in [2.24, 2.45) is 5.73 Å². The number of benzene rings is 1. The molecule has 0 fully saturated rings. The van der Waals surface area contributed by atoms with E-state index in [1.54, 1.807) is 0 Å². The molecule has 8 nitrogen and oxygen atoms in total. The molecule has 0 aromatic heterocycles. The molecule has 1 aromatic rings. The van der Waals surface area contributed by atoms with Crippen LogP contribution in [-0.2, 0) is 20.2 Å². The number of anilines is 1. The molecule has 0 spiro atoms. The van der Waals surface area contributed by atoms with Gasteiger partial charge in [0.25, 0.3) is 20.2 Å². The first-order valence-electron chi connectivity index (χ1n) is 4.17. The highest BCUT2D eigenvalue weighted by atomic mass is 32.2. The second-order valence-corrected chi connectivity index (χ2v) is 6.35. The van der Waals surface area contributed by atoms with Crippen LogP contribution in [0.5, 0.6) is 0 Å². The lowest BCUT2D eigenvalue weighted by molar-refractivity contribution is 0.479. The fourth-order valence-corrected chi connectivity index (χ4v) is 2.37. The lowest BCUT2D eigenvalue weighted by Crippen LogP contribution is -2.21. The van der Waals surface area contributed by atoms with E-state index in [-0.39, 0.29) is 10.8 Å². The minimum atomic E-state index is -4.60. The fourth-order valence-electron chi connectivity index (χ4n) is 1.12. The maximum Gasteiger partial charge on any atom is 0.296 e. The molecule has 100 valence electrons. The molecule has 5 N–H and O–H groups in total. The molecule has 0 heterocycles. The van der Waals surface area contributed by atoms with Crippen LogP contribution in [0.4, 0.5) is 5.69 Å². The Labute approximate surface area is 108 Å². The Hall–Kier alpha value is -1.27. The van der Waals surface area contributed by atoms with Gasteiger partial charge >= 0.3 is 0 Å². The van der Waals surface area contributed by atoms with Gasteiger partial charge in [0.1, 0.15) is 4.90 Å². The van der Waals surface area contributed by atoms with Crippen molar-refractivity contribution in [3.05, 3.63) is 18.2 Å². The fraction of sp³-hybridized carbons (Fsp3) is 0. The van der Waals surface area contributed by atoms with Crippen molar-refractivity contribution in [2.75, 3.05) is 5.32 Å². The van der Waals surface area contributed by atoms with Crippen LogP contribution in [0.25, 0.3) is 0 Å². The third-order valence-corrected chi connectivity index (χ3v) is 3.65. The SMILES string of the molecule is NC(=S)Nc1cc(S(=O)(=O)O)ccc1S(=O)(=O)O. The van der Waals surface area contributed by atoms with Gasteiger partial charge in [-0.1, -0.05) is 0 Å². The van der Waals surface area contributed by atoms with Crippen LogP contribution in [0.1, 0.15) is 0 Å². The van der Waals surface area contributed by atoms with Gasteiger partial charge in [-0.25, -0.2) is 0 Å². The molecule has 0 aliphatic carbocycles. The predicted molar refractivity (Wildman–Crippen MR) is 66.5 cm³/mol. The van der Waals surface area contributed by atoms with E-state index >= 15 is 0 Å². The molecule has 18 heavy (non-hydrogen) atoms. The monoisotopic (exact) mass is 312 g/mol. The Morgan fingerprint density at radius 1 is 1.17 bits per heavy atom. The largest absolute Gasteiger partial charge is 0.376 e. The summed E-state index contributed by atoms with van der Waals surface area (Å²) < 4.78 is 61.5. The van der Waals surface area contributed by atoms with Gasteiger partial charge in [0.05, 0.1) is 10.6 Å². The van der Waals surface area contributed by atoms with Crippen LogP contribution in [0.15, 0.2) is 28.0 Å². The molecule has 0 saturated carbocycles. The van der Waals surface area contributed by atoms with E-state index in [9.17, 15) is 16.8 Å². The summed E-state index contributed by atoms with van der Waals surface area (Å²) >= 11 is 4.48. The van der Waals surface area contributed by atoms with Gasteiger partial charge in [-0.05, 0) is 30.4 Å². The zero-order valence-electron chi connectivity index (χ0n) is 8.56. The average Bonchev–Trinajstić information content (AvgIpc) is 2.13. The third-order valence-electron chi connectivity index (χ3n) is 1.78. The van der Waals surface area contributed by atoms with E-state index in [1.165, 1.54) is 0 Å². The molecule has 11 heteroatoms. The van der Waals surface area contributed by atoms with Crippen LogP contribution in [0, 0.1) is 0 Å². The van der Waals surface area contributed by atoms with Crippen LogP contribution in [-0.4, -0.2) is 31.1 Å². The topological polar surface area (TPSA) is 147 Å². The van der Waals surface area contributed by atoms with E-state index in [0.717, 1.165) is 18.2 Å². The Kier molecular flexibility index (Phi) is 3.92. The second-order valence-electron chi connectivity index (χ2n) is 3.10. The standard InChI is InChI=1S/C7H8N2O6S3/c8-7(16)9-5-3-4(17(10,11)12)1-2-6(5)18(13,14)15/h1-3H,(H3,8,9,16)(H,10,11,12)(H,13,14,15). The molecule has 1 rings (SSSR count). The molecule has 0 unspecified atom stereocenters. The van der Waals surface area contributed by atoms with Gasteiger partial charge in [-0.15, -0.1) is 0 Å². The van der Waals surface area contributed by atoms with E-state index < -0.39 is 30.0 Å². The van der Waals surface area contributed by atoms with Gasteiger partial charge in [-0.2, -0.15) is 16.8 Å². The molecule has 1 aromatic carbocycles. The number of thiocarbonyl (C=S) groups is 1. The highest BCUT2D eigenvalue weighted by Crippen LogP contribution is 2.24. The summed E-state index contributed by atoms with van der Waals surface area (Å²) in [5.41, 5.74) is 4.77. The van der Waals surface area contributed by atoms with Crippen LogP contribution in [0.3, 0.4) is 0 Å².